The van der Waals surface area contributed by atoms with Crippen LogP contribution in [0, 0.1) is 11.7 Å². The van der Waals surface area contributed by atoms with E-state index in [0.29, 0.717) is 60.2 Å². The van der Waals surface area contributed by atoms with Gasteiger partial charge < -0.3 is 15.1 Å². The van der Waals surface area contributed by atoms with E-state index in [1.807, 2.05) is 0 Å². The number of carbonyl (C=O) groups excluding carboxylic acids is 3. The van der Waals surface area contributed by atoms with E-state index < -0.39 is 11.9 Å². The van der Waals surface area contributed by atoms with Crippen molar-refractivity contribution >= 4 is 46.6 Å². The number of piperidine rings is 1. The molecule has 2 heterocycles. The number of anilines is 1. The molecule has 0 radical (unpaired) electrons. The Morgan fingerprint density at radius 2 is 1.55 bits per heavy atom. The summed E-state index contributed by atoms with van der Waals surface area (Å²) in [4.78, 5) is 42.1. The molecule has 2 aliphatic heterocycles. The standard InChI is InChI=1S/C24H24Cl2FN3O3/c25-17-12-18(26)14-20(13-17)28-22(31)21-2-1-9-30(21)24(33)16-7-10-29(11-8-16)23(32)15-3-5-19(27)6-4-15/h3-6,12-14,16,21H,1-2,7-11H2,(H,28,31). The fraction of sp³-hybridized carbons (Fsp3) is 0.375. The summed E-state index contributed by atoms with van der Waals surface area (Å²) in [6.45, 7) is 1.42. The molecule has 33 heavy (non-hydrogen) atoms. The van der Waals surface area contributed by atoms with E-state index in [4.69, 9.17) is 23.2 Å². The highest BCUT2D eigenvalue weighted by Gasteiger charge is 2.38. The normalized spacial score (nSPS) is 18.9. The zero-order valence-corrected chi connectivity index (χ0v) is 19.4. The Morgan fingerprint density at radius 1 is 0.909 bits per heavy atom. The topological polar surface area (TPSA) is 69.7 Å². The van der Waals surface area contributed by atoms with Crippen LogP contribution >= 0.6 is 23.2 Å². The second kappa shape index (κ2) is 10.1. The molecular formula is C24H24Cl2FN3O3. The third-order valence-electron chi connectivity index (χ3n) is 6.19. The lowest BCUT2D eigenvalue weighted by atomic mass is 9.94. The molecule has 0 bridgehead atoms. The van der Waals surface area contributed by atoms with Gasteiger partial charge in [-0.05, 0) is 68.1 Å². The molecule has 2 saturated heterocycles. The Kier molecular flexibility index (Phi) is 7.20. The molecule has 0 aromatic heterocycles. The Balaban J connectivity index is 1.35. The number of hydrogen-bond acceptors (Lipinski definition) is 3. The third kappa shape index (κ3) is 5.47. The van der Waals surface area contributed by atoms with Gasteiger partial charge in [-0.2, -0.15) is 0 Å². The van der Waals surface area contributed by atoms with Crippen molar-refractivity contribution < 1.29 is 18.8 Å². The predicted molar refractivity (Wildman–Crippen MR) is 125 cm³/mol. The van der Waals surface area contributed by atoms with Gasteiger partial charge in [0.1, 0.15) is 11.9 Å². The van der Waals surface area contributed by atoms with Gasteiger partial charge in [-0.1, -0.05) is 23.2 Å². The summed E-state index contributed by atoms with van der Waals surface area (Å²) in [6, 6.07) is 9.72. The zero-order chi connectivity index (χ0) is 23.5. The summed E-state index contributed by atoms with van der Waals surface area (Å²) >= 11 is 12.0. The second-order valence-electron chi connectivity index (χ2n) is 8.41. The van der Waals surface area contributed by atoms with E-state index in [-0.39, 0.29) is 23.6 Å². The van der Waals surface area contributed by atoms with Crippen LogP contribution in [-0.4, -0.2) is 53.2 Å². The van der Waals surface area contributed by atoms with Crippen LogP contribution in [-0.2, 0) is 9.59 Å². The molecule has 4 rings (SSSR count). The number of benzene rings is 2. The van der Waals surface area contributed by atoms with E-state index in [9.17, 15) is 18.8 Å². The monoisotopic (exact) mass is 491 g/mol. The number of amides is 3. The van der Waals surface area contributed by atoms with Crippen LogP contribution in [0.4, 0.5) is 10.1 Å². The van der Waals surface area contributed by atoms with Crippen molar-refractivity contribution in [1.82, 2.24) is 9.80 Å². The lowest BCUT2D eigenvalue weighted by Crippen LogP contribution is -2.48. The lowest BCUT2D eigenvalue weighted by molar-refractivity contribution is -0.141. The molecule has 1 N–H and O–H groups in total. The van der Waals surface area contributed by atoms with Crippen molar-refractivity contribution in [2.45, 2.75) is 31.7 Å². The molecule has 0 spiro atoms. The Labute approximate surface area is 201 Å². The molecule has 1 unspecified atom stereocenters. The number of nitrogens with zero attached hydrogens (tertiary/aromatic N) is 2. The Morgan fingerprint density at radius 3 is 2.18 bits per heavy atom. The summed E-state index contributed by atoms with van der Waals surface area (Å²) in [5.41, 5.74) is 0.919. The molecule has 2 fully saturated rings. The fourth-order valence-corrected chi connectivity index (χ4v) is 5.02. The summed E-state index contributed by atoms with van der Waals surface area (Å²) in [5.74, 6) is -1.11. The van der Waals surface area contributed by atoms with Crippen LogP contribution in [0.2, 0.25) is 10.0 Å². The van der Waals surface area contributed by atoms with Crippen molar-refractivity contribution in [2.75, 3.05) is 25.0 Å². The number of carbonyl (C=O) groups is 3. The van der Waals surface area contributed by atoms with Gasteiger partial charge in [-0.15, -0.1) is 0 Å². The first-order chi connectivity index (χ1) is 15.8. The second-order valence-corrected chi connectivity index (χ2v) is 9.28. The highest BCUT2D eigenvalue weighted by molar-refractivity contribution is 6.35. The molecule has 174 valence electrons. The first-order valence-corrected chi connectivity index (χ1v) is 11.7. The van der Waals surface area contributed by atoms with Crippen molar-refractivity contribution in [2.24, 2.45) is 5.92 Å². The average Bonchev–Trinajstić information content (AvgIpc) is 3.28. The zero-order valence-electron chi connectivity index (χ0n) is 17.9. The summed E-state index contributed by atoms with van der Waals surface area (Å²) in [5, 5.41) is 3.65. The van der Waals surface area contributed by atoms with E-state index in [0.717, 1.165) is 6.42 Å². The summed E-state index contributed by atoms with van der Waals surface area (Å²) in [6.07, 6.45) is 2.40. The van der Waals surface area contributed by atoms with Crippen LogP contribution in [0.15, 0.2) is 42.5 Å². The number of hydrogen-bond donors (Lipinski definition) is 1. The third-order valence-corrected chi connectivity index (χ3v) is 6.63. The van der Waals surface area contributed by atoms with Gasteiger partial charge in [0, 0.05) is 46.8 Å². The van der Waals surface area contributed by atoms with Crippen molar-refractivity contribution in [3.63, 3.8) is 0 Å². The van der Waals surface area contributed by atoms with Crippen LogP contribution in [0.1, 0.15) is 36.0 Å². The van der Waals surface area contributed by atoms with Crippen LogP contribution in [0.5, 0.6) is 0 Å². The van der Waals surface area contributed by atoms with E-state index >= 15 is 0 Å². The van der Waals surface area contributed by atoms with Crippen LogP contribution in [0.3, 0.4) is 0 Å². The van der Waals surface area contributed by atoms with Gasteiger partial charge in [-0.25, -0.2) is 4.39 Å². The number of nitrogens with one attached hydrogen (secondary N) is 1. The molecule has 6 nitrogen and oxygen atoms in total. The van der Waals surface area contributed by atoms with Gasteiger partial charge in [-0.3, -0.25) is 14.4 Å². The van der Waals surface area contributed by atoms with Gasteiger partial charge in [0.25, 0.3) is 5.91 Å². The van der Waals surface area contributed by atoms with Gasteiger partial charge >= 0.3 is 0 Å². The van der Waals surface area contributed by atoms with Crippen molar-refractivity contribution in [1.29, 1.82) is 0 Å². The molecule has 3 amide bonds. The first-order valence-electron chi connectivity index (χ1n) is 10.9. The smallest absolute Gasteiger partial charge is 0.253 e. The maximum Gasteiger partial charge on any atom is 0.253 e. The molecule has 2 aromatic carbocycles. The molecule has 1 atom stereocenters. The maximum atomic E-state index is 13.2. The molecule has 2 aliphatic rings. The molecule has 0 saturated carbocycles. The highest BCUT2D eigenvalue weighted by atomic mass is 35.5. The minimum Gasteiger partial charge on any atom is -0.339 e. The quantitative estimate of drug-likeness (QED) is 0.678. The van der Waals surface area contributed by atoms with E-state index in [1.54, 1.807) is 28.0 Å². The number of halogens is 3. The van der Waals surface area contributed by atoms with Gasteiger partial charge in [0.2, 0.25) is 11.8 Å². The number of likely N-dealkylation sites (tertiary alicyclic amines) is 2. The maximum absolute atomic E-state index is 13.2. The van der Waals surface area contributed by atoms with Crippen LogP contribution < -0.4 is 5.32 Å². The predicted octanol–water partition coefficient (Wildman–Crippen LogP) is 4.61. The molecule has 9 heteroatoms. The average molecular weight is 492 g/mol. The fourth-order valence-electron chi connectivity index (χ4n) is 4.49. The Bertz CT molecular complexity index is 1040. The summed E-state index contributed by atoms with van der Waals surface area (Å²) < 4.78 is 13.1. The van der Waals surface area contributed by atoms with Crippen LogP contribution in [0.25, 0.3) is 0 Å². The minimum absolute atomic E-state index is 0.0503. The Hall–Kier alpha value is -2.64. The highest BCUT2D eigenvalue weighted by Crippen LogP contribution is 2.28. The largest absolute Gasteiger partial charge is 0.339 e. The number of rotatable bonds is 4. The first kappa shape index (κ1) is 23.5. The molecule has 2 aromatic rings. The lowest BCUT2D eigenvalue weighted by Gasteiger charge is -2.34. The van der Waals surface area contributed by atoms with Crippen molar-refractivity contribution in [3.8, 4) is 0 Å². The van der Waals surface area contributed by atoms with Crippen molar-refractivity contribution in [3.05, 3.63) is 63.9 Å². The minimum atomic E-state index is -0.547. The molecular weight excluding hydrogens is 468 g/mol. The summed E-state index contributed by atoms with van der Waals surface area (Å²) in [7, 11) is 0. The van der Waals surface area contributed by atoms with Gasteiger partial charge in [0.15, 0.2) is 0 Å². The van der Waals surface area contributed by atoms with E-state index in [2.05, 4.69) is 5.32 Å². The SMILES string of the molecule is O=C(Nc1cc(Cl)cc(Cl)c1)C1CCCN1C(=O)C1CCN(C(=O)c2ccc(F)cc2)CC1. The van der Waals surface area contributed by atoms with E-state index in [1.165, 1.54) is 24.3 Å². The molecule has 0 aliphatic carbocycles. The van der Waals surface area contributed by atoms with Gasteiger partial charge in [0.05, 0.1) is 0 Å².